The summed E-state index contributed by atoms with van der Waals surface area (Å²) in [5, 5.41) is 0.0562. The summed E-state index contributed by atoms with van der Waals surface area (Å²) < 4.78 is 41.3. The first-order valence-corrected chi connectivity index (χ1v) is 20.8. The van der Waals surface area contributed by atoms with Gasteiger partial charge in [-0.3, -0.25) is 9.69 Å². The van der Waals surface area contributed by atoms with E-state index in [1.54, 1.807) is 20.1 Å². The number of halogens is 1. The summed E-state index contributed by atoms with van der Waals surface area (Å²) in [4.78, 5) is 21.1. The van der Waals surface area contributed by atoms with Crippen molar-refractivity contribution in [3.05, 3.63) is 58.1 Å². The number of aryl methyl sites for hydroxylation is 1. The maximum atomic E-state index is 13.5. The molecule has 2 aromatic carbocycles. The number of hydrogen-bond donors (Lipinski definition) is 1. The smallest absolute Gasteiger partial charge is 0.264 e. The number of fused-ring (bicyclic) bond motifs is 3. The standard InChI is InChI=1S/C39H57ClN4O5S/c1-28-7-6-9-32(25-43-19-17-42(18-20-43)21-22-48-3)36-14-11-33(36)26-44-16-5-4-8-30-23-35(40)13-10-34(30)27-49-38-15-12-31(24-37(38)44)39(45)41-50(46,47)29(28)2/h10,12-13,15,23-24,28-29,32-33,36H,4-9,11,14,16-22,25-27H2,1-3H3,(H,41,45)/t28-,29+,32-,33-,36-/m0/s1. The van der Waals surface area contributed by atoms with E-state index in [0.717, 1.165) is 114 Å². The number of nitrogens with one attached hydrogen (secondary N) is 1. The third kappa shape index (κ3) is 9.16. The molecule has 276 valence electrons. The third-order valence-electron chi connectivity index (χ3n) is 12.1. The molecule has 11 heteroatoms. The Morgan fingerprint density at radius 2 is 1.72 bits per heavy atom. The average molecular weight is 729 g/mol. The number of anilines is 1. The summed E-state index contributed by atoms with van der Waals surface area (Å²) in [6, 6.07) is 11.4. The number of sulfonamides is 1. The Morgan fingerprint density at radius 3 is 2.48 bits per heavy atom. The maximum Gasteiger partial charge on any atom is 0.264 e. The van der Waals surface area contributed by atoms with Gasteiger partial charge in [0, 0.05) is 70.1 Å². The van der Waals surface area contributed by atoms with Gasteiger partial charge in [-0.15, -0.1) is 0 Å². The van der Waals surface area contributed by atoms with Crippen LogP contribution in [-0.4, -0.2) is 95.4 Å². The van der Waals surface area contributed by atoms with Crippen molar-refractivity contribution in [2.45, 2.75) is 77.1 Å². The normalized spacial score (nSPS) is 28.6. The molecule has 2 bridgehead atoms. The van der Waals surface area contributed by atoms with Crippen LogP contribution in [0.4, 0.5) is 5.69 Å². The minimum atomic E-state index is -3.87. The molecule has 0 aromatic heterocycles. The van der Waals surface area contributed by atoms with E-state index in [-0.39, 0.29) is 5.92 Å². The molecular formula is C39H57ClN4O5S. The van der Waals surface area contributed by atoms with E-state index < -0.39 is 21.2 Å². The molecule has 1 saturated carbocycles. The van der Waals surface area contributed by atoms with Crippen LogP contribution in [0.3, 0.4) is 0 Å². The van der Waals surface area contributed by atoms with Gasteiger partial charge in [0.25, 0.3) is 5.91 Å². The van der Waals surface area contributed by atoms with Gasteiger partial charge >= 0.3 is 0 Å². The van der Waals surface area contributed by atoms with E-state index in [0.29, 0.717) is 35.7 Å². The first-order valence-electron chi connectivity index (χ1n) is 18.9. The van der Waals surface area contributed by atoms with Crippen molar-refractivity contribution in [2.24, 2.45) is 23.7 Å². The van der Waals surface area contributed by atoms with E-state index in [1.807, 2.05) is 31.2 Å². The number of carbonyl (C=O) groups is 1. The van der Waals surface area contributed by atoms with Gasteiger partial charge in [0.2, 0.25) is 10.0 Å². The second kappa shape index (κ2) is 17.0. The molecule has 0 radical (unpaired) electrons. The number of methoxy groups -OCH3 is 1. The number of amides is 1. The van der Waals surface area contributed by atoms with Crippen molar-refractivity contribution in [3.8, 4) is 5.75 Å². The fourth-order valence-electron chi connectivity index (χ4n) is 8.52. The van der Waals surface area contributed by atoms with E-state index in [1.165, 1.54) is 18.4 Å². The van der Waals surface area contributed by atoms with Crippen LogP contribution < -0.4 is 14.4 Å². The van der Waals surface area contributed by atoms with Gasteiger partial charge in [0.15, 0.2) is 0 Å². The van der Waals surface area contributed by atoms with Crippen LogP contribution in [0, 0.1) is 23.7 Å². The van der Waals surface area contributed by atoms with Crippen molar-refractivity contribution >= 4 is 33.2 Å². The van der Waals surface area contributed by atoms with Gasteiger partial charge in [0.05, 0.1) is 17.5 Å². The number of rotatable bonds is 5. The number of nitrogens with zero attached hydrogens (tertiary/aromatic N) is 3. The maximum absolute atomic E-state index is 13.5. The minimum Gasteiger partial charge on any atom is -0.487 e. The molecule has 50 heavy (non-hydrogen) atoms. The lowest BCUT2D eigenvalue weighted by atomic mass is 9.65. The quantitative estimate of drug-likeness (QED) is 0.388. The van der Waals surface area contributed by atoms with Crippen molar-refractivity contribution < 1.29 is 22.7 Å². The fraction of sp³-hybridized carbons (Fsp3) is 0.667. The van der Waals surface area contributed by atoms with Crippen molar-refractivity contribution in [3.63, 3.8) is 0 Å². The highest BCUT2D eigenvalue weighted by Gasteiger charge is 2.39. The molecule has 5 atom stereocenters. The van der Waals surface area contributed by atoms with Crippen molar-refractivity contribution in [2.75, 3.05) is 71.0 Å². The molecule has 3 heterocycles. The number of piperazine rings is 1. The summed E-state index contributed by atoms with van der Waals surface area (Å²) >= 11 is 6.39. The lowest BCUT2D eigenvalue weighted by Gasteiger charge is -2.47. The molecule has 0 spiro atoms. The first-order chi connectivity index (χ1) is 24.1. The van der Waals surface area contributed by atoms with Crippen LogP contribution in [0.25, 0.3) is 0 Å². The van der Waals surface area contributed by atoms with Gasteiger partial charge < -0.3 is 19.3 Å². The van der Waals surface area contributed by atoms with Crippen molar-refractivity contribution in [1.82, 2.24) is 14.5 Å². The average Bonchev–Trinajstić information content (AvgIpc) is 3.11. The third-order valence-corrected chi connectivity index (χ3v) is 14.3. The molecule has 3 aliphatic heterocycles. The Labute approximate surface area is 305 Å². The molecule has 1 N–H and O–H groups in total. The molecular weight excluding hydrogens is 672 g/mol. The molecule has 0 unspecified atom stereocenters. The highest BCUT2D eigenvalue weighted by Crippen LogP contribution is 2.44. The highest BCUT2D eigenvalue weighted by molar-refractivity contribution is 7.90. The van der Waals surface area contributed by atoms with Gasteiger partial charge in [-0.1, -0.05) is 31.0 Å². The Hall–Kier alpha value is -2.37. The van der Waals surface area contributed by atoms with Crippen LogP contribution in [0.5, 0.6) is 5.75 Å². The molecule has 1 aliphatic carbocycles. The Morgan fingerprint density at radius 1 is 0.920 bits per heavy atom. The van der Waals surface area contributed by atoms with Gasteiger partial charge in [-0.2, -0.15) is 0 Å². The molecule has 4 aliphatic rings. The molecule has 2 aromatic rings. The zero-order valence-corrected chi connectivity index (χ0v) is 31.8. The topological polar surface area (TPSA) is 91.4 Å². The molecule has 9 nitrogen and oxygen atoms in total. The van der Waals surface area contributed by atoms with Crippen LogP contribution in [0.2, 0.25) is 5.02 Å². The van der Waals surface area contributed by atoms with Gasteiger partial charge in [-0.25, -0.2) is 13.1 Å². The first kappa shape index (κ1) is 37.4. The molecule has 1 saturated heterocycles. The Kier molecular flexibility index (Phi) is 12.7. The molecule has 2 fully saturated rings. The number of hydrogen-bond acceptors (Lipinski definition) is 8. The second-order valence-electron chi connectivity index (χ2n) is 15.3. The van der Waals surface area contributed by atoms with Crippen LogP contribution in [-0.2, 0) is 27.8 Å². The van der Waals surface area contributed by atoms with Crippen LogP contribution in [0.15, 0.2) is 36.4 Å². The Balaban J connectivity index is 1.29. The van der Waals surface area contributed by atoms with E-state index in [2.05, 4.69) is 25.5 Å². The predicted octanol–water partition coefficient (Wildman–Crippen LogP) is 6.24. The van der Waals surface area contributed by atoms with Crippen molar-refractivity contribution in [1.29, 1.82) is 0 Å². The van der Waals surface area contributed by atoms with Gasteiger partial charge in [0.1, 0.15) is 12.4 Å². The van der Waals surface area contributed by atoms with Crippen LogP contribution >= 0.6 is 11.6 Å². The minimum absolute atomic E-state index is 0.0653. The number of ether oxygens (including phenoxy) is 2. The number of benzene rings is 2. The summed E-state index contributed by atoms with van der Waals surface area (Å²) in [6.07, 6.45) is 8.28. The molecule has 1 amide bonds. The van der Waals surface area contributed by atoms with E-state index >= 15 is 0 Å². The molecule has 6 rings (SSSR count). The summed E-state index contributed by atoms with van der Waals surface area (Å²) in [7, 11) is -2.10. The Bertz CT molecular complexity index is 1570. The largest absolute Gasteiger partial charge is 0.487 e. The zero-order valence-electron chi connectivity index (χ0n) is 30.2. The summed E-state index contributed by atoms with van der Waals surface area (Å²) in [5.74, 6) is 1.80. The predicted molar refractivity (Wildman–Crippen MR) is 201 cm³/mol. The van der Waals surface area contributed by atoms with E-state index in [4.69, 9.17) is 21.1 Å². The fourth-order valence-corrected chi connectivity index (χ4v) is 10.0. The second-order valence-corrected chi connectivity index (χ2v) is 17.7. The highest BCUT2D eigenvalue weighted by atomic mass is 35.5. The lowest BCUT2D eigenvalue weighted by Crippen LogP contribution is -2.50. The van der Waals surface area contributed by atoms with E-state index in [9.17, 15) is 13.2 Å². The number of carbonyl (C=O) groups excluding carboxylic acids is 1. The summed E-state index contributed by atoms with van der Waals surface area (Å²) in [6.45, 7) is 13.1. The van der Waals surface area contributed by atoms with Gasteiger partial charge in [-0.05, 0) is 117 Å². The lowest BCUT2D eigenvalue weighted by molar-refractivity contribution is 0.0444. The summed E-state index contributed by atoms with van der Waals surface area (Å²) in [5.41, 5.74) is 3.53. The zero-order chi connectivity index (χ0) is 35.3. The monoisotopic (exact) mass is 728 g/mol. The SMILES string of the molecule is COCCN1CCN(C[C@@H]2CCC[C@H](C)[C@@H](C)S(=O)(=O)NC(=O)c3ccc4c(c3)N(CCCCc3cc(Cl)ccc3CO4)C[C@@H]3CC[C@@H]23)CC1. The van der Waals surface area contributed by atoms with Crippen LogP contribution in [0.1, 0.15) is 80.3 Å².